The largest absolute Gasteiger partial charge is 0.497 e. The molecule has 2 rings (SSSR count). The zero-order valence-corrected chi connectivity index (χ0v) is 18.0. The Morgan fingerprint density at radius 1 is 1.07 bits per heavy atom. The predicted octanol–water partition coefficient (Wildman–Crippen LogP) is 3.72. The van der Waals surface area contributed by atoms with E-state index in [2.05, 4.69) is 15.6 Å². The second-order valence-corrected chi connectivity index (χ2v) is 5.74. The minimum absolute atomic E-state index is 0. The van der Waals surface area contributed by atoms with Gasteiger partial charge in [-0.05, 0) is 41.8 Å². The molecule has 0 fully saturated rings. The molecule has 0 atom stereocenters. The second kappa shape index (κ2) is 13.3. The first-order valence-electron chi connectivity index (χ1n) is 8.61. The van der Waals surface area contributed by atoms with Crippen LogP contribution >= 0.6 is 24.0 Å². The van der Waals surface area contributed by atoms with Crippen molar-refractivity contribution in [2.75, 3.05) is 27.3 Å². The molecule has 0 amide bonds. The van der Waals surface area contributed by atoms with Gasteiger partial charge in [0, 0.05) is 26.7 Å². The maximum atomic E-state index is 13.2. The summed E-state index contributed by atoms with van der Waals surface area (Å²) < 4.78 is 24.0. The van der Waals surface area contributed by atoms with Gasteiger partial charge in [-0.2, -0.15) is 0 Å². The SMILES string of the molecule is CN=C(NCCCOCc1ccc(OC)cc1)NCc1cccc(F)c1.I. The van der Waals surface area contributed by atoms with Crippen LogP contribution in [0, 0.1) is 5.82 Å². The van der Waals surface area contributed by atoms with E-state index < -0.39 is 0 Å². The normalized spacial score (nSPS) is 10.9. The Hall–Kier alpha value is -1.87. The van der Waals surface area contributed by atoms with Gasteiger partial charge >= 0.3 is 0 Å². The number of nitrogens with zero attached hydrogens (tertiary/aromatic N) is 1. The van der Waals surface area contributed by atoms with Gasteiger partial charge in [-0.1, -0.05) is 24.3 Å². The average molecular weight is 487 g/mol. The second-order valence-electron chi connectivity index (χ2n) is 5.74. The van der Waals surface area contributed by atoms with Gasteiger partial charge in [0.15, 0.2) is 5.96 Å². The molecule has 0 aromatic heterocycles. The van der Waals surface area contributed by atoms with E-state index in [0.29, 0.717) is 25.7 Å². The Balaban J connectivity index is 0.00000364. The van der Waals surface area contributed by atoms with Crippen molar-refractivity contribution in [3.05, 3.63) is 65.5 Å². The van der Waals surface area contributed by atoms with Gasteiger partial charge < -0.3 is 20.1 Å². The Morgan fingerprint density at radius 2 is 1.85 bits per heavy atom. The van der Waals surface area contributed by atoms with Crippen LogP contribution < -0.4 is 15.4 Å². The number of halogens is 2. The lowest BCUT2D eigenvalue weighted by Crippen LogP contribution is -2.37. The summed E-state index contributed by atoms with van der Waals surface area (Å²) in [6.45, 7) is 2.49. The molecule has 0 spiro atoms. The fourth-order valence-corrected chi connectivity index (χ4v) is 2.35. The average Bonchev–Trinajstić information content (AvgIpc) is 2.67. The molecule has 2 aromatic rings. The van der Waals surface area contributed by atoms with Gasteiger partial charge in [0.05, 0.1) is 13.7 Å². The van der Waals surface area contributed by atoms with E-state index in [9.17, 15) is 4.39 Å². The Morgan fingerprint density at radius 3 is 2.52 bits per heavy atom. The van der Waals surface area contributed by atoms with Crippen LogP contribution in [0.2, 0.25) is 0 Å². The van der Waals surface area contributed by atoms with Crippen LogP contribution in [0.4, 0.5) is 4.39 Å². The zero-order valence-electron chi connectivity index (χ0n) is 15.7. The van der Waals surface area contributed by atoms with Crippen molar-refractivity contribution in [1.82, 2.24) is 10.6 Å². The van der Waals surface area contributed by atoms with E-state index in [0.717, 1.165) is 29.8 Å². The van der Waals surface area contributed by atoms with E-state index in [1.165, 1.54) is 12.1 Å². The number of hydrogen-bond acceptors (Lipinski definition) is 3. The maximum absolute atomic E-state index is 13.2. The van der Waals surface area contributed by atoms with E-state index in [-0.39, 0.29) is 29.8 Å². The van der Waals surface area contributed by atoms with E-state index in [1.54, 1.807) is 20.2 Å². The highest BCUT2D eigenvalue weighted by Gasteiger charge is 2.00. The molecule has 2 N–H and O–H groups in total. The molecule has 5 nitrogen and oxygen atoms in total. The van der Waals surface area contributed by atoms with Gasteiger partial charge in [0.1, 0.15) is 11.6 Å². The van der Waals surface area contributed by atoms with Crippen LogP contribution in [0.25, 0.3) is 0 Å². The van der Waals surface area contributed by atoms with Gasteiger partial charge in [-0.25, -0.2) is 4.39 Å². The fourth-order valence-electron chi connectivity index (χ4n) is 2.35. The van der Waals surface area contributed by atoms with Crippen LogP contribution in [-0.2, 0) is 17.9 Å². The number of aliphatic imine (C=N–C) groups is 1. The maximum Gasteiger partial charge on any atom is 0.191 e. The van der Waals surface area contributed by atoms with Crippen molar-refractivity contribution in [3.8, 4) is 5.75 Å². The van der Waals surface area contributed by atoms with Gasteiger partial charge in [-0.3, -0.25) is 4.99 Å². The molecule has 7 heteroatoms. The van der Waals surface area contributed by atoms with Crippen molar-refractivity contribution in [2.24, 2.45) is 4.99 Å². The molecule has 0 bridgehead atoms. The number of nitrogens with one attached hydrogen (secondary N) is 2. The molecular weight excluding hydrogens is 460 g/mol. The summed E-state index contributed by atoms with van der Waals surface area (Å²) in [5.41, 5.74) is 1.99. The smallest absolute Gasteiger partial charge is 0.191 e. The molecule has 0 unspecified atom stereocenters. The Bertz CT molecular complexity index is 696. The molecule has 0 aliphatic heterocycles. The first-order valence-corrected chi connectivity index (χ1v) is 8.61. The highest BCUT2D eigenvalue weighted by molar-refractivity contribution is 14.0. The fraction of sp³-hybridized carbons (Fsp3) is 0.350. The molecule has 0 radical (unpaired) electrons. The van der Waals surface area contributed by atoms with Gasteiger partial charge in [0.2, 0.25) is 0 Å². The number of guanidine groups is 1. The van der Waals surface area contributed by atoms with E-state index >= 15 is 0 Å². The summed E-state index contributed by atoms with van der Waals surface area (Å²) in [6, 6.07) is 14.3. The Kier molecular flexibility index (Phi) is 11.4. The topological polar surface area (TPSA) is 54.9 Å². The van der Waals surface area contributed by atoms with Crippen LogP contribution in [0.15, 0.2) is 53.5 Å². The molecule has 0 aliphatic carbocycles. The standard InChI is InChI=1S/C20H26FN3O2.HI/c1-22-20(24-14-17-5-3-6-18(21)13-17)23-11-4-12-26-15-16-7-9-19(25-2)10-8-16;/h3,5-10,13H,4,11-12,14-15H2,1-2H3,(H2,22,23,24);1H. The van der Waals surface area contributed by atoms with Gasteiger partial charge in [-0.15, -0.1) is 24.0 Å². The molecule has 0 heterocycles. The van der Waals surface area contributed by atoms with Crippen molar-refractivity contribution in [3.63, 3.8) is 0 Å². The third-order valence-electron chi connectivity index (χ3n) is 3.76. The molecule has 2 aromatic carbocycles. The summed E-state index contributed by atoms with van der Waals surface area (Å²) in [6.07, 6.45) is 0.858. The molecule has 0 aliphatic rings. The number of methoxy groups -OCH3 is 1. The molecule has 0 saturated carbocycles. The minimum atomic E-state index is -0.235. The number of rotatable bonds is 9. The number of hydrogen-bond donors (Lipinski definition) is 2. The Labute approximate surface area is 177 Å². The van der Waals surface area contributed by atoms with E-state index in [4.69, 9.17) is 9.47 Å². The van der Waals surface area contributed by atoms with Crippen LogP contribution in [0.3, 0.4) is 0 Å². The predicted molar refractivity (Wildman–Crippen MR) is 117 cm³/mol. The summed E-state index contributed by atoms with van der Waals surface area (Å²) in [7, 11) is 3.36. The lowest BCUT2D eigenvalue weighted by Gasteiger charge is -2.12. The van der Waals surface area contributed by atoms with E-state index in [1.807, 2.05) is 30.3 Å². The number of benzene rings is 2. The summed E-state index contributed by atoms with van der Waals surface area (Å²) in [4.78, 5) is 4.16. The minimum Gasteiger partial charge on any atom is -0.497 e. The van der Waals surface area contributed by atoms with Gasteiger partial charge in [0.25, 0.3) is 0 Å². The summed E-state index contributed by atoms with van der Waals surface area (Å²) >= 11 is 0. The first kappa shape index (κ1) is 23.2. The van der Waals surface area contributed by atoms with Crippen LogP contribution in [0.1, 0.15) is 17.5 Å². The quantitative estimate of drug-likeness (QED) is 0.245. The van der Waals surface area contributed by atoms with Crippen LogP contribution in [0.5, 0.6) is 5.75 Å². The molecule has 0 saturated heterocycles. The highest BCUT2D eigenvalue weighted by atomic mass is 127. The van der Waals surface area contributed by atoms with Crippen molar-refractivity contribution < 1.29 is 13.9 Å². The first-order chi connectivity index (χ1) is 12.7. The summed E-state index contributed by atoms with van der Waals surface area (Å²) in [5, 5.41) is 6.38. The van der Waals surface area contributed by atoms with Crippen molar-refractivity contribution >= 4 is 29.9 Å². The third kappa shape index (κ3) is 9.05. The van der Waals surface area contributed by atoms with Crippen molar-refractivity contribution in [2.45, 2.75) is 19.6 Å². The molecule has 27 heavy (non-hydrogen) atoms. The lowest BCUT2D eigenvalue weighted by atomic mass is 10.2. The van der Waals surface area contributed by atoms with Crippen LogP contribution in [-0.4, -0.2) is 33.3 Å². The number of ether oxygens (including phenoxy) is 2. The van der Waals surface area contributed by atoms with Crippen molar-refractivity contribution in [1.29, 1.82) is 0 Å². The summed E-state index contributed by atoms with van der Waals surface area (Å²) in [5.74, 6) is 1.29. The molecular formula is C20H27FIN3O2. The lowest BCUT2D eigenvalue weighted by molar-refractivity contribution is 0.119. The third-order valence-corrected chi connectivity index (χ3v) is 3.76. The molecule has 148 valence electrons. The monoisotopic (exact) mass is 487 g/mol. The zero-order chi connectivity index (χ0) is 18.6. The highest BCUT2D eigenvalue weighted by Crippen LogP contribution is 2.11.